The number of hydrogen-bond donors (Lipinski definition) is 0. The number of carbonyl (C=O) groups excluding carboxylic acids is 2. The summed E-state index contributed by atoms with van der Waals surface area (Å²) >= 11 is 6.39. The van der Waals surface area contributed by atoms with Crippen LogP contribution in [0.3, 0.4) is 0 Å². The van der Waals surface area contributed by atoms with Crippen LogP contribution in [-0.2, 0) is 14.3 Å². The molecule has 0 aliphatic carbocycles. The molecule has 1 atom stereocenters. The third-order valence-electron chi connectivity index (χ3n) is 8.32. The number of unbranched alkanes of at least 4 members (excludes halogenated alkanes) is 10. The minimum absolute atomic E-state index is 0.314. The Bertz CT molecular complexity index is 1260. The molecular weight excluding hydrogens is 576 g/mol. The number of hydrogen-bond acceptors (Lipinski definition) is 7. The standard InChI is InChI=1S/C35H49ClN4O4/c1-4-5-6-7-8-9-10-11-12-13-14-19-33(41)43-27(2)44-35(42)40-31-18-16-15-17-29(31)34(39-24-22-38(3)23-25-39)37-30-26-28(36)20-21-32(30)40/h15-18,20-21,26-27H,4-14,19,22-25H2,1-3H3. The second kappa shape index (κ2) is 17.4. The maximum Gasteiger partial charge on any atom is 0.422 e. The highest BCUT2D eigenvalue weighted by Crippen LogP contribution is 2.42. The number of piperazine rings is 1. The van der Waals surface area contributed by atoms with Crippen molar-refractivity contribution in [3.63, 3.8) is 0 Å². The van der Waals surface area contributed by atoms with E-state index in [4.69, 9.17) is 26.1 Å². The van der Waals surface area contributed by atoms with Crippen molar-refractivity contribution in [2.45, 2.75) is 97.2 Å². The number of esters is 1. The summed E-state index contributed by atoms with van der Waals surface area (Å²) in [6.07, 6.45) is 12.0. The number of nitrogens with zero attached hydrogens (tertiary/aromatic N) is 4. The molecule has 0 aromatic heterocycles. The van der Waals surface area contributed by atoms with Crippen LogP contribution in [0, 0.1) is 0 Å². The molecule has 2 aliphatic heterocycles. The van der Waals surface area contributed by atoms with Crippen LogP contribution in [0.2, 0.25) is 5.02 Å². The molecule has 2 aromatic carbocycles. The molecule has 0 N–H and O–H groups in total. The van der Waals surface area contributed by atoms with E-state index in [-0.39, 0.29) is 5.97 Å². The zero-order valence-corrected chi connectivity index (χ0v) is 27.5. The highest BCUT2D eigenvalue weighted by atomic mass is 35.5. The number of ether oxygens (including phenoxy) is 2. The molecule has 9 heteroatoms. The molecule has 240 valence electrons. The summed E-state index contributed by atoms with van der Waals surface area (Å²) in [5.74, 6) is 0.435. The van der Waals surface area contributed by atoms with Gasteiger partial charge in [-0.1, -0.05) is 94.9 Å². The molecule has 0 spiro atoms. The lowest BCUT2D eigenvalue weighted by molar-refractivity contribution is -0.164. The van der Waals surface area contributed by atoms with Crippen molar-refractivity contribution < 1.29 is 19.1 Å². The van der Waals surface area contributed by atoms with E-state index in [1.54, 1.807) is 25.1 Å². The molecule has 0 radical (unpaired) electrons. The third kappa shape index (κ3) is 9.70. The Morgan fingerprint density at radius 1 is 0.841 bits per heavy atom. The quantitative estimate of drug-likeness (QED) is 0.119. The zero-order valence-electron chi connectivity index (χ0n) is 26.7. The smallest absolute Gasteiger partial charge is 0.422 e. The van der Waals surface area contributed by atoms with Gasteiger partial charge in [0.25, 0.3) is 0 Å². The summed E-state index contributed by atoms with van der Waals surface area (Å²) in [6.45, 7) is 7.28. The van der Waals surface area contributed by atoms with Gasteiger partial charge >= 0.3 is 12.1 Å². The number of amidine groups is 1. The van der Waals surface area contributed by atoms with Crippen LogP contribution in [0.15, 0.2) is 47.5 Å². The Hall–Kier alpha value is -3.10. The van der Waals surface area contributed by atoms with Gasteiger partial charge in [0.1, 0.15) is 5.84 Å². The molecule has 1 saturated heterocycles. The lowest BCUT2D eigenvalue weighted by atomic mass is 10.1. The second-order valence-electron chi connectivity index (χ2n) is 11.9. The van der Waals surface area contributed by atoms with Crippen molar-refractivity contribution in [3.8, 4) is 0 Å². The number of aliphatic imine (C=N–C) groups is 1. The average Bonchev–Trinajstić information content (AvgIpc) is 3.14. The van der Waals surface area contributed by atoms with Crippen LogP contribution < -0.4 is 4.90 Å². The van der Waals surface area contributed by atoms with Gasteiger partial charge in [0.2, 0.25) is 6.29 Å². The summed E-state index contributed by atoms with van der Waals surface area (Å²) in [6, 6.07) is 12.9. The summed E-state index contributed by atoms with van der Waals surface area (Å²) in [5, 5.41) is 0.522. The number of para-hydroxylation sites is 1. The predicted molar refractivity (Wildman–Crippen MR) is 178 cm³/mol. The van der Waals surface area contributed by atoms with Gasteiger partial charge in [0.15, 0.2) is 0 Å². The highest BCUT2D eigenvalue weighted by Gasteiger charge is 2.32. The van der Waals surface area contributed by atoms with Gasteiger partial charge in [-0.3, -0.25) is 4.79 Å². The fourth-order valence-corrected chi connectivity index (χ4v) is 5.96. The van der Waals surface area contributed by atoms with Crippen LogP contribution in [0.25, 0.3) is 0 Å². The lowest BCUT2D eigenvalue weighted by Crippen LogP contribution is -2.47. The van der Waals surface area contributed by atoms with E-state index >= 15 is 0 Å². The monoisotopic (exact) mass is 624 g/mol. The van der Waals surface area contributed by atoms with Gasteiger partial charge in [-0.15, -0.1) is 0 Å². The number of anilines is 2. The summed E-state index contributed by atoms with van der Waals surface area (Å²) in [4.78, 5) is 37.3. The fourth-order valence-electron chi connectivity index (χ4n) is 5.79. The Balaban J connectivity index is 1.33. The number of halogens is 1. The van der Waals surface area contributed by atoms with Gasteiger partial charge in [0.05, 0.1) is 17.1 Å². The number of rotatable bonds is 14. The van der Waals surface area contributed by atoms with Gasteiger partial charge in [-0.2, -0.15) is 0 Å². The second-order valence-corrected chi connectivity index (χ2v) is 12.4. The van der Waals surface area contributed by atoms with Gasteiger partial charge in [-0.05, 0) is 43.8 Å². The van der Waals surface area contributed by atoms with Crippen LogP contribution in [0.1, 0.15) is 96.5 Å². The average molecular weight is 625 g/mol. The first kappa shape index (κ1) is 33.8. The van der Waals surface area contributed by atoms with E-state index in [9.17, 15) is 9.59 Å². The zero-order chi connectivity index (χ0) is 31.3. The van der Waals surface area contributed by atoms with Crippen LogP contribution in [0.4, 0.5) is 21.9 Å². The highest BCUT2D eigenvalue weighted by molar-refractivity contribution is 6.31. The topological polar surface area (TPSA) is 74.7 Å². The molecule has 1 fully saturated rings. The van der Waals surface area contributed by atoms with Crippen LogP contribution in [-0.4, -0.2) is 67.2 Å². The Labute approximate surface area is 268 Å². The Morgan fingerprint density at radius 3 is 2.16 bits per heavy atom. The molecule has 0 saturated carbocycles. The molecule has 2 aromatic rings. The van der Waals surface area contributed by atoms with E-state index in [2.05, 4.69) is 23.8 Å². The molecular formula is C35H49ClN4O4. The maximum absolute atomic E-state index is 13.7. The molecule has 2 heterocycles. The number of fused-ring (bicyclic) bond motifs is 2. The van der Waals surface area contributed by atoms with E-state index < -0.39 is 12.4 Å². The first-order chi connectivity index (χ1) is 21.4. The van der Waals surface area contributed by atoms with Crippen LogP contribution >= 0.6 is 11.6 Å². The predicted octanol–water partition coefficient (Wildman–Crippen LogP) is 8.84. The largest absolute Gasteiger partial charge is 0.425 e. The molecule has 2 aliphatic rings. The third-order valence-corrected chi connectivity index (χ3v) is 8.56. The minimum atomic E-state index is -1.04. The first-order valence-corrected chi connectivity index (χ1v) is 16.9. The van der Waals surface area contributed by atoms with E-state index in [0.717, 1.165) is 56.8 Å². The SMILES string of the molecule is CCCCCCCCCCCCCC(=O)OC(C)OC(=O)N1c2ccc(Cl)cc2N=C(N2CCN(C)CC2)c2ccccc21. The molecule has 1 unspecified atom stereocenters. The van der Waals surface area contributed by atoms with Gasteiger partial charge in [-0.25, -0.2) is 14.7 Å². The maximum atomic E-state index is 13.7. The first-order valence-electron chi connectivity index (χ1n) is 16.5. The van der Waals surface area contributed by atoms with Crippen molar-refractivity contribution in [3.05, 3.63) is 53.1 Å². The summed E-state index contributed by atoms with van der Waals surface area (Å²) in [7, 11) is 2.11. The molecule has 1 amide bonds. The number of carbonyl (C=O) groups is 2. The molecule has 8 nitrogen and oxygen atoms in total. The minimum Gasteiger partial charge on any atom is -0.425 e. The van der Waals surface area contributed by atoms with Crippen LogP contribution in [0.5, 0.6) is 0 Å². The number of benzene rings is 2. The van der Waals surface area contributed by atoms with Gasteiger partial charge < -0.3 is 19.3 Å². The van der Waals surface area contributed by atoms with Crippen molar-refractivity contribution in [2.24, 2.45) is 4.99 Å². The summed E-state index contributed by atoms with van der Waals surface area (Å²) < 4.78 is 11.2. The normalized spacial score (nSPS) is 15.6. The van der Waals surface area contributed by atoms with E-state index in [0.29, 0.717) is 28.5 Å². The fraction of sp³-hybridized carbons (Fsp3) is 0.571. The van der Waals surface area contributed by atoms with Gasteiger partial charge in [0, 0.05) is 50.1 Å². The lowest BCUT2D eigenvalue weighted by Gasteiger charge is -2.35. The molecule has 4 rings (SSSR count). The molecule has 0 bridgehead atoms. The van der Waals surface area contributed by atoms with E-state index in [1.165, 1.54) is 56.3 Å². The van der Waals surface area contributed by atoms with Crippen molar-refractivity contribution >= 4 is 46.6 Å². The Kier molecular flexibility index (Phi) is 13.4. The molecule has 44 heavy (non-hydrogen) atoms. The number of likely N-dealkylation sites (N-methyl/N-ethyl adjacent to an activating group) is 1. The van der Waals surface area contributed by atoms with Crippen molar-refractivity contribution in [2.75, 3.05) is 38.1 Å². The van der Waals surface area contributed by atoms with E-state index in [1.807, 2.05) is 24.3 Å². The van der Waals surface area contributed by atoms with Crippen molar-refractivity contribution in [1.29, 1.82) is 0 Å². The van der Waals surface area contributed by atoms with Crippen molar-refractivity contribution in [1.82, 2.24) is 9.80 Å². The number of amides is 1. The summed E-state index contributed by atoms with van der Waals surface area (Å²) in [5.41, 5.74) is 2.59. The Morgan fingerprint density at radius 2 is 1.48 bits per heavy atom.